The molecule has 90 valence electrons. The van der Waals surface area contributed by atoms with Crippen molar-refractivity contribution in [3.05, 3.63) is 30.2 Å². The van der Waals surface area contributed by atoms with Gasteiger partial charge in [-0.1, -0.05) is 5.16 Å². The highest BCUT2D eigenvalue weighted by Gasteiger charge is 2.02. The maximum atomic E-state index is 5.00. The van der Waals surface area contributed by atoms with Crippen molar-refractivity contribution in [2.24, 2.45) is 0 Å². The van der Waals surface area contributed by atoms with Crippen LogP contribution in [0.2, 0.25) is 0 Å². The number of aromatic nitrogens is 3. The maximum Gasteiger partial charge on any atom is 0.245 e. The predicted octanol–water partition coefficient (Wildman–Crippen LogP) is 1.82. The summed E-state index contributed by atoms with van der Waals surface area (Å²) in [5, 5.41) is 10.1. The van der Waals surface area contributed by atoms with Crippen molar-refractivity contribution in [2.75, 3.05) is 17.2 Å². The van der Waals surface area contributed by atoms with Crippen molar-refractivity contribution >= 4 is 11.4 Å². The van der Waals surface area contributed by atoms with E-state index in [0.717, 1.165) is 17.9 Å². The molecule has 0 unspecified atom stereocenters. The third kappa shape index (κ3) is 3.17. The summed E-state index contributed by atoms with van der Waals surface area (Å²) in [6.45, 7) is 5.20. The minimum Gasteiger partial charge on any atom is -0.384 e. The lowest BCUT2D eigenvalue weighted by Gasteiger charge is -2.06. The first-order chi connectivity index (χ1) is 8.28. The van der Waals surface area contributed by atoms with Crippen molar-refractivity contribution in [3.63, 3.8) is 0 Å². The van der Waals surface area contributed by atoms with Crippen LogP contribution in [0.25, 0.3) is 0 Å². The minimum atomic E-state index is 0.498. The maximum absolute atomic E-state index is 5.00. The van der Waals surface area contributed by atoms with E-state index in [-0.39, 0.29) is 0 Å². The van der Waals surface area contributed by atoms with Crippen LogP contribution < -0.4 is 10.6 Å². The molecule has 0 aliphatic carbocycles. The average molecular weight is 233 g/mol. The Morgan fingerprint density at radius 1 is 1.24 bits per heavy atom. The highest BCUT2D eigenvalue weighted by Crippen LogP contribution is 2.13. The van der Waals surface area contributed by atoms with E-state index in [0.29, 0.717) is 18.3 Å². The first-order valence-corrected chi connectivity index (χ1v) is 5.50. The molecule has 0 bridgehead atoms. The second-order valence-corrected chi connectivity index (χ2v) is 3.58. The number of nitrogens with one attached hydrogen (secondary N) is 2. The molecule has 0 fully saturated rings. The van der Waals surface area contributed by atoms with Gasteiger partial charge in [0.25, 0.3) is 0 Å². The monoisotopic (exact) mass is 233 g/mol. The van der Waals surface area contributed by atoms with E-state index in [9.17, 15) is 0 Å². The van der Waals surface area contributed by atoms with Crippen LogP contribution in [0.3, 0.4) is 0 Å². The summed E-state index contributed by atoms with van der Waals surface area (Å²) in [6.07, 6.45) is 3.54. The number of nitrogens with zero attached hydrogens (tertiary/aromatic N) is 3. The topological polar surface area (TPSA) is 75.9 Å². The number of pyridine rings is 1. The third-order valence-electron chi connectivity index (χ3n) is 2.13. The van der Waals surface area contributed by atoms with Gasteiger partial charge in [-0.25, -0.2) is 0 Å². The third-order valence-corrected chi connectivity index (χ3v) is 2.13. The largest absolute Gasteiger partial charge is 0.384 e. The standard InChI is InChI=1S/C11H15N5O/c1-3-13-9-4-10(6-12-5-9)14-7-11-15-8(2)16-17-11/h4-6,13-14H,3,7H2,1-2H3. The molecule has 2 N–H and O–H groups in total. The highest BCUT2D eigenvalue weighted by atomic mass is 16.5. The first-order valence-electron chi connectivity index (χ1n) is 5.50. The fourth-order valence-corrected chi connectivity index (χ4v) is 1.43. The van der Waals surface area contributed by atoms with Crippen molar-refractivity contribution in [1.82, 2.24) is 15.1 Å². The molecule has 2 aromatic rings. The van der Waals surface area contributed by atoms with E-state index < -0.39 is 0 Å². The Kier molecular flexibility index (Phi) is 3.54. The minimum absolute atomic E-state index is 0.498. The smallest absolute Gasteiger partial charge is 0.245 e. The molecule has 0 atom stereocenters. The second-order valence-electron chi connectivity index (χ2n) is 3.58. The molecule has 0 spiro atoms. The van der Waals surface area contributed by atoms with Crippen LogP contribution >= 0.6 is 0 Å². The Hall–Kier alpha value is -2.11. The fourth-order valence-electron chi connectivity index (χ4n) is 1.43. The Bertz CT molecular complexity index is 482. The Labute approximate surface area is 99.5 Å². The van der Waals surface area contributed by atoms with Crippen molar-refractivity contribution < 1.29 is 4.52 Å². The summed E-state index contributed by atoms with van der Waals surface area (Å²) < 4.78 is 5.00. The molecule has 0 saturated carbocycles. The number of rotatable bonds is 5. The van der Waals surface area contributed by atoms with E-state index >= 15 is 0 Å². The lowest BCUT2D eigenvalue weighted by Crippen LogP contribution is -2.02. The second kappa shape index (κ2) is 5.29. The lowest BCUT2D eigenvalue weighted by atomic mass is 10.3. The molecule has 6 heteroatoms. The van der Waals surface area contributed by atoms with Crippen LogP contribution in [0.4, 0.5) is 11.4 Å². The van der Waals surface area contributed by atoms with Gasteiger partial charge in [-0.05, 0) is 19.9 Å². The zero-order chi connectivity index (χ0) is 12.1. The number of hydrogen-bond acceptors (Lipinski definition) is 6. The van der Waals surface area contributed by atoms with E-state index in [4.69, 9.17) is 4.52 Å². The quantitative estimate of drug-likeness (QED) is 0.820. The lowest BCUT2D eigenvalue weighted by molar-refractivity contribution is 0.379. The van der Waals surface area contributed by atoms with Gasteiger partial charge in [0.1, 0.15) is 0 Å². The van der Waals surface area contributed by atoms with Crippen LogP contribution in [0.5, 0.6) is 0 Å². The summed E-state index contributed by atoms with van der Waals surface area (Å²) in [4.78, 5) is 8.24. The zero-order valence-electron chi connectivity index (χ0n) is 9.90. The molecule has 2 rings (SSSR count). The molecule has 2 aromatic heterocycles. The summed E-state index contributed by atoms with van der Waals surface area (Å²) in [5.74, 6) is 1.21. The van der Waals surface area contributed by atoms with E-state index in [1.165, 1.54) is 0 Å². The molecule has 0 aromatic carbocycles. The zero-order valence-corrected chi connectivity index (χ0v) is 9.90. The normalized spacial score (nSPS) is 10.2. The molecule has 2 heterocycles. The van der Waals surface area contributed by atoms with Crippen molar-refractivity contribution in [2.45, 2.75) is 20.4 Å². The molecule has 6 nitrogen and oxygen atoms in total. The number of anilines is 2. The van der Waals surface area contributed by atoms with Crippen LogP contribution in [0.1, 0.15) is 18.6 Å². The van der Waals surface area contributed by atoms with Crippen molar-refractivity contribution in [1.29, 1.82) is 0 Å². The van der Waals surface area contributed by atoms with Gasteiger partial charge < -0.3 is 15.2 Å². The van der Waals surface area contributed by atoms with Crippen LogP contribution in [-0.2, 0) is 6.54 Å². The number of aryl methyl sites for hydroxylation is 1. The summed E-state index contributed by atoms with van der Waals surface area (Å²) >= 11 is 0. The van der Waals surface area contributed by atoms with E-state index in [1.54, 1.807) is 19.3 Å². The molecule has 0 aliphatic heterocycles. The van der Waals surface area contributed by atoms with Gasteiger partial charge in [-0.3, -0.25) is 4.98 Å². The van der Waals surface area contributed by atoms with Crippen LogP contribution in [-0.4, -0.2) is 21.7 Å². The average Bonchev–Trinajstić information content (AvgIpc) is 2.74. The molecule has 0 radical (unpaired) electrons. The molecule has 0 aliphatic rings. The molecule has 17 heavy (non-hydrogen) atoms. The van der Waals surface area contributed by atoms with E-state index in [2.05, 4.69) is 25.8 Å². The Morgan fingerprint density at radius 3 is 2.65 bits per heavy atom. The SMILES string of the molecule is CCNc1cncc(NCc2nc(C)no2)c1. The van der Waals surface area contributed by atoms with Gasteiger partial charge in [-0.15, -0.1) is 0 Å². The molecule has 0 amide bonds. The number of hydrogen-bond donors (Lipinski definition) is 2. The van der Waals surface area contributed by atoms with E-state index in [1.807, 2.05) is 13.0 Å². The molecular formula is C11H15N5O. The van der Waals surface area contributed by atoms with Gasteiger partial charge in [-0.2, -0.15) is 4.98 Å². The highest BCUT2D eigenvalue weighted by molar-refractivity contribution is 5.53. The molecule has 0 saturated heterocycles. The summed E-state index contributed by atoms with van der Waals surface area (Å²) in [6, 6.07) is 1.99. The van der Waals surface area contributed by atoms with Gasteiger partial charge in [0.05, 0.1) is 30.3 Å². The predicted molar refractivity (Wildman–Crippen MR) is 64.8 cm³/mol. The first kappa shape index (κ1) is 11.4. The van der Waals surface area contributed by atoms with Crippen LogP contribution in [0, 0.1) is 6.92 Å². The van der Waals surface area contributed by atoms with Gasteiger partial charge in [0, 0.05) is 6.54 Å². The van der Waals surface area contributed by atoms with Gasteiger partial charge in [0.2, 0.25) is 5.89 Å². The van der Waals surface area contributed by atoms with Gasteiger partial charge in [0.15, 0.2) is 5.82 Å². The fraction of sp³-hybridized carbons (Fsp3) is 0.364. The Morgan fingerprint density at radius 2 is 2.00 bits per heavy atom. The van der Waals surface area contributed by atoms with Crippen LogP contribution in [0.15, 0.2) is 23.0 Å². The summed E-state index contributed by atoms with van der Waals surface area (Å²) in [5.41, 5.74) is 1.90. The summed E-state index contributed by atoms with van der Waals surface area (Å²) in [7, 11) is 0. The van der Waals surface area contributed by atoms with Crippen molar-refractivity contribution in [3.8, 4) is 0 Å². The molecular weight excluding hydrogens is 218 g/mol. The Balaban J connectivity index is 1.96. The van der Waals surface area contributed by atoms with Gasteiger partial charge >= 0.3 is 0 Å².